The van der Waals surface area contributed by atoms with Crippen LogP contribution in [-0.2, 0) is 16.1 Å². The van der Waals surface area contributed by atoms with E-state index in [0.29, 0.717) is 6.61 Å². The van der Waals surface area contributed by atoms with Crippen molar-refractivity contribution in [3.63, 3.8) is 0 Å². The van der Waals surface area contributed by atoms with E-state index in [-0.39, 0.29) is 6.29 Å². The van der Waals surface area contributed by atoms with Gasteiger partial charge in [-0.05, 0) is 23.8 Å². The van der Waals surface area contributed by atoms with Gasteiger partial charge >= 0.3 is 0 Å². The Morgan fingerprint density at radius 2 is 1.93 bits per heavy atom. The molecule has 0 bridgehead atoms. The van der Waals surface area contributed by atoms with E-state index in [1.165, 1.54) is 0 Å². The molecular weight excluding hydrogens is 192 g/mol. The van der Waals surface area contributed by atoms with E-state index in [1.54, 1.807) is 20.3 Å². The Morgan fingerprint density at radius 3 is 2.40 bits per heavy atom. The number of hydrogen-bond donors (Lipinski definition) is 0. The van der Waals surface area contributed by atoms with Crippen molar-refractivity contribution in [3.8, 4) is 5.75 Å². The minimum atomic E-state index is -0.355. The van der Waals surface area contributed by atoms with Gasteiger partial charge in [-0.15, -0.1) is 0 Å². The third-order valence-corrected chi connectivity index (χ3v) is 2.00. The van der Waals surface area contributed by atoms with Gasteiger partial charge in [0.1, 0.15) is 5.75 Å². The molecule has 0 saturated heterocycles. The molecule has 0 unspecified atom stereocenters. The van der Waals surface area contributed by atoms with Gasteiger partial charge in [-0.25, -0.2) is 0 Å². The lowest BCUT2D eigenvalue weighted by molar-refractivity contribution is -0.0984. The smallest absolute Gasteiger partial charge is 0.176 e. The molecule has 3 heteroatoms. The maximum absolute atomic E-state index is 5.42. The van der Waals surface area contributed by atoms with Crippen LogP contribution in [0.3, 0.4) is 0 Å². The highest BCUT2D eigenvalue weighted by atomic mass is 16.7. The van der Waals surface area contributed by atoms with Gasteiger partial charge in [0.05, 0.1) is 13.7 Å². The van der Waals surface area contributed by atoms with E-state index in [2.05, 4.69) is 6.58 Å². The lowest BCUT2D eigenvalue weighted by Gasteiger charge is -2.11. The molecule has 0 aliphatic carbocycles. The molecule has 0 radical (unpaired) electrons. The van der Waals surface area contributed by atoms with E-state index in [0.717, 1.165) is 11.3 Å². The summed E-state index contributed by atoms with van der Waals surface area (Å²) in [5.74, 6) is 0.839. The Hall–Kier alpha value is -1.32. The molecule has 1 aromatic rings. The van der Waals surface area contributed by atoms with Gasteiger partial charge < -0.3 is 14.2 Å². The van der Waals surface area contributed by atoms with Crippen LogP contribution in [0.1, 0.15) is 5.56 Å². The molecule has 0 saturated carbocycles. The first-order valence-corrected chi connectivity index (χ1v) is 4.70. The average Bonchev–Trinajstić information content (AvgIpc) is 2.31. The van der Waals surface area contributed by atoms with Gasteiger partial charge in [-0.3, -0.25) is 0 Å². The van der Waals surface area contributed by atoms with Gasteiger partial charge in [-0.1, -0.05) is 18.7 Å². The fourth-order valence-electron chi connectivity index (χ4n) is 1.13. The molecule has 0 spiro atoms. The topological polar surface area (TPSA) is 27.7 Å². The van der Waals surface area contributed by atoms with Crippen LogP contribution in [0.4, 0.5) is 0 Å². The molecule has 0 amide bonds. The van der Waals surface area contributed by atoms with Crippen molar-refractivity contribution in [2.45, 2.75) is 12.9 Å². The zero-order valence-electron chi connectivity index (χ0n) is 9.10. The van der Waals surface area contributed by atoms with E-state index >= 15 is 0 Å². The highest BCUT2D eigenvalue weighted by molar-refractivity contribution is 5.26. The van der Waals surface area contributed by atoms with Gasteiger partial charge in [0, 0.05) is 7.11 Å². The molecule has 1 atom stereocenters. The maximum atomic E-state index is 5.42. The summed E-state index contributed by atoms with van der Waals surface area (Å²) in [6.07, 6.45) is 1.26. The predicted octanol–water partition coefficient (Wildman–Crippen LogP) is 2.37. The molecule has 82 valence electrons. The Labute approximate surface area is 90.3 Å². The van der Waals surface area contributed by atoms with E-state index in [9.17, 15) is 0 Å². The van der Waals surface area contributed by atoms with E-state index in [4.69, 9.17) is 14.2 Å². The van der Waals surface area contributed by atoms with Crippen LogP contribution in [0.15, 0.2) is 36.9 Å². The summed E-state index contributed by atoms with van der Waals surface area (Å²) in [6, 6.07) is 7.70. The largest absolute Gasteiger partial charge is 0.497 e. The van der Waals surface area contributed by atoms with Crippen molar-refractivity contribution >= 4 is 0 Å². The number of rotatable bonds is 6. The Kier molecular flexibility index (Phi) is 4.87. The standard InChI is InChI=1S/C12H16O3/c1-4-12(14-3)15-9-10-5-7-11(13-2)8-6-10/h4-8,12H,1,9H2,2-3H3/t12-/m1/s1. The second kappa shape index (κ2) is 6.22. The lowest BCUT2D eigenvalue weighted by Crippen LogP contribution is -2.11. The van der Waals surface area contributed by atoms with Crippen LogP contribution in [-0.4, -0.2) is 20.5 Å². The highest BCUT2D eigenvalue weighted by Crippen LogP contribution is 2.12. The summed E-state index contributed by atoms with van der Waals surface area (Å²) in [5.41, 5.74) is 1.07. The maximum Gasteiger partial charge on any atom is 0.176 e. The van der Waals surface area contributed by atoms with Gasteiger partial charge in [0.25, 0.3) is 0 Å². The van der Waals surface area contributed by atoms with Crippen molar-refractivity contribution in [2.75, 3.05) is 14.2 Å². The zero-order valence-corrected chi connectivity index (χ0v) is 9.10. The van der Waals surface area contributed by atoms with Crippen molar-refractivity contribution in [1.82, 2.24) is 0 Å². The van der Waals surface area contributed by atoms with Crippen LogP contribution < -0.4 is 4.74 Å². The Bertz CT molecular complexity index is 292. The molecular formula is C12H16O3. The van der Waals surface area contributed by atoms with E-state index < -0.39 is 0 Å². The van der Waals surface area contributed by atoms with Crippen molar-refractivity contribution in [3.05, 3.63) is 42.5 Å². The number of benzene rings is 1. The first-order valence-electron chi connectivity index (χ1n) is 4.70. The zero-order chi connectivity index (χ0) is 11.1. The molecule has 0 N–H and O–H groups in total. The molecule has 3 nitrogen and oxygen atoms in total. The summed E-state index contributed by atoms with van der Waals surface area (Å²) >= 11 is 0. The van der Waals surface area contributed by atoms with E-state index in [1.807, 2.05) is 24.3 Å². The number of ether oxygens (including phenoxy) is 3. The Morgan fingerprint density at radius 1 is 1.27 bits per heavy atom. The van der Waals surface area contributed by atoms with Crippen molar-refractivity contribution in [2.24, 2.45) is 0 Å². The van der Waals surface area contributed by atoms with Crippen LogP contribution in [0.2, 0.25) is 0 Å². The molecule has 0 heterocycles. The number of methoxy groups -OCH3 is 2. The first-order chi connectivity index (χ1) is 7.30. The van der Waals surface area contributed by atoms with Crippen LogP contribution in [0, 0.1) is 0 Å². The van der Waals surface area contributed by atoms with Crippen LogP contribution >= 0.6 is 0 Å². The number of hydrogen-bond acceptors (Lipinski definition) is 3. The third-order valence-electron chi connectivity index (χ3n) is 2.00. The average molecular weight is 208 g/mol. The summed E-state index contributed by atoms with van der Waals surface area (Å²) in [4.78, 5) is 0. The summed E-state index contributed by atoms with van der Waals surface area (Å²) in [5, 5.41) is 0. The second-order valence-corrected chi connectivity index (χ2v) is 3.00. The molecule has 1 rings (SSSR count). The molecule has 0 fully saturated rings. The third kappa shape index (κ3) is 3.73. The van der Waals surface area contributed by atoms with Crippen LogP contribution in [0.25, 0.3) is 0 Å². The minimum Gasteiger partial charge on any atom is -0.497 e. The lowest BCUT2D eigenvalue weighted by atomic mass is 10.2. The summed E-state index contributed by atoms with van der Waals surface area (Å²) in [6.45, 7) is 4.10. The van der Waals surface area contributed by atoms with Crippen LogP contribution in [0.5, 0.6) is 5.75 Å². The SMILES string of the molecule is C=C[C@H](OC)OCc1ccc(OC)cc1. The molecule has 0 aliphatic heterocycles. The highest BCUT2D eigenvalue weighted by Gasteiger charge is 2.01. The fraction of sp³-hybridized carbons (Fsp3) is 0.333. The fourth-order valence-corrected chi connectivity index (χ4v) is 1.13. The normalized spacial score (nSPS) is 12.1. The quantitative estimate of drug-likeness (QED) is 0.530. The molecule has 15 heavy (non-hydrogen) atoms. The summed E-state index contributed by atoms with van der Waals surface area (Å²) in [7, 11) is 3.23. The first kappa shape index (κ1) is 11.8. The van der Waals surface area contributed by atoms with Crippen molar-refractivity contribution in [1.29, 1.82) is 0 Å². The Balaban J connectivity index is 2.46. The molecule has 0 aromatic heterocycles. The second-order valence-electron chi connectivity index (χ2n) is 3.00. The monoisotopic (exact) mass is 208 g/mol. The molecule has 0 aliphatic rings. The summed E-state index contributed by atoms with van der Waals surface area (Å²) < 4.78 is 15.5. The van der Waals surface area contributed by atoms with Gasteiger partial charge in [0.15, 0.2) is 6.29 Å². The van der Waals surface area contributed by atoms with Crippen molar-refractivity contribution < 1.29 is 14.2 Å². The molecule has 1 aromatic carbocycles. The van der Waals surface area contributed by atoms with Gasteiger partial charge in [0.2, 0.25) is 0 Å². The predicted molar refractivity (Wildman–Crippen MR) is 58.8 cm³/mol. The van der Waals surface area contributed by atoms with Gasteiger partial charge in [-0.2, -0.15) is 0 Å². The minimum absolute atomic E-state index is 0.355.